The molecular weight excluding hydrogens is 482 g/mol. The third-order valence-electron chi connectivity index (χ3n) is 6.77. The first-order valence-electron chi connectivity index (χ1n) is 12.5. The lowest BCUT2D eigenvalue weighted by Crippen LogP contribution is -2.25. The van der Waals surface area contributed by atoms with E-state index >= 15 is 0 Å². The molecule has 0 unspecified atom stereocenters. The van der Waals surface area contributed by atoms with Crippen LogP contribution in [0.5, 0.6) is 5.75 Å². The third kappa shape index (κ3) is 5.15. The van der Waals surface area contributed by atoms with Gasteiger partial charge in [0, 0.05) is 23.1 Å². The average molecular weight is 508 g/mol. The van der Waals surface area contributed by atoms with E-state index in [0.717, 1.165) is 32.1 Å². The number of ether oxygens (including phenoxy) is 1. The van der Waals surface area contributed by atoms with Gasteiger partial charge in [-0.3, -0.25) is 14.9 Å². The van der Waals surface area contributed by atoms with Gasteiger partial charge in [0.1, 0.15) is 12.4 Å². The van der Waals surface area contributed by atoms with Crippen molar-refractivity contribution in [2.75, 3.05) is 0 Å². The van der Waals surface area contributed by atoms with Crippen molar-refractivity contribution in [1.29, 1.82) is 5.26 Å². The molecule has 0 aliphatic heterocycles. The maximum absolute atomic E-state index is 13.4. The van der Waals surface area contributed by atoms with Gasteiger partial charge in [-0.1, -0.05) is 49.6 Å². The Hall–Kier alpha value is -4.84. The summed E-state index contributed by atoms with van der Waals surface area (Å²) in [6.07, 6.45) is 6.62. The van der Waals surface area contributed by atoms with Crippen molar-refractivity contribution in [2.45, 2.75) is 44.6 Å². The fraction of sp³-hybridized carbons (Fsp3) is 0.241. The van der Waals surface area contributed by atoms with Gasteiger partial charge in [0.2, 0.25) is 0 Å². The van der Waals surface area contributed by atoms with Crippen LogP contribution in [0, 0.1) is 21.4 Å². The molecule has 5 rings (SSSR count). The van der Waals surface area contributed by atoms with Crippen LogP contribution in [0.4, 0.5) is 5.69 Å². The van der Waals surface area contributed by atoms with E-state index in [1.165, 1.54) is 23.0 Å². The Morgan fingerprint density at radius 1 is 1.11 bits per heavy atom. The van der Waals surface area contributed by atoms with Crippen LogP contribution >= 0.6 is 0 Å². The highest BCUT2D eigenvalue weighted by Gasteiger charge is 2.22. The van der Waals surface area contributed by atoms with Crippen molar-refractivity contribution in [3.8, 4) is 11.8 Å². The van der Waals surface area contributed by atoms with Crippen molar-refractivity contribution in [3.05, 3.63) is 110 Å². The first kappa shape index (κ1) is 24.8. The summed E-state index contributed by atoms with van der Waals surface area (Å²) in [5.41, 5.74) is 1.66. The molecule has 0 bridgehead atoms. The Labute approximate surface area is 218 Å². The number of rotatable bonds is 7. The second-order valence-corrected chi connectivity index (χ2v) is 9.23. The highest BCUT2D eigenvalue weighted by molar-refractivity contribution is 5.82. The first-order valence-corrected chi connectivity index (χ1v) is 12.5. The summed E-state index contributed by atoms with van der Waals surface area (Å²) in [5.74, 6) is 0.821. The molecule has 0 saturated heterocycles. The van der Waals surface area contributed by atoms with E-state index in [4.69, 9.17) is 9.72 Å². The van der Waals surface area contributed by atoms with Gasteiger partial charge in [0.05, 0.1) is 33.7 Å². The maximum Gasteiger partial charge on any atom is 0.311 e. The molecule has 1 aliphatic carbocycles. The summed E-state index contributed by atoms with van der Waals surface area (Å²) in [7, 11) is 0. The van der Waals surface area contributed by atoms with Crippen LogP contribution in [0.1, 0.15) is 60.5 Å². The second kappa shape index (κ2) is 11.0. The van der Waals surface area contributed by atoms with E-state index in [0.29, 0.717) is 33.4 Å². The van der Waals surface area contributed by atoms with Gasteiger partial charge < -0.3 is 4.74 Å². The molecule has 0 amide bonds. The second-order valence-electron chi connectivity index (χ2n) is 9.23. The Balaban J connectivity index is 1.47. The van der Waals surface area contributed by atoms with E-state index < -0.39 is 4.92 Å². The zero-order chi connectivity index (χ0) is 26.5. The third-order valence-corrected chi connectivity index (χ3v) is 6.77. The fourth-order valence-corrected chi connectivity index (χ4v) is 4.79. The molecule has 0 spiro atoms. The van der Waals surface area contributed by atoms with E-state index in [2.05, 4.69) is 11.2 Å². The monoisotopic (exact) mass is 507 g/mol. The van der Waals surface area contributed by atoms with Crippen LogP contribution in [-0.2, 0) is 6.61 Å². The molecule has 0 radical (unpaired) electrons. The standard InChI is InChI=1S/C29H25N5O4/c30-17-22-10-4-5-11-23(22)19-38-27-15-14-20(16-26(27)34(36)37)18-31-33-28(21-8-2-1-3-9-21)32-25-13-7-6-12-24(25)29(33)35/h4-7,10-16,18,21H,1-3,8-9,19H2. The van der Waals surface area contributed by atoms with Crippen LogP contribution in [0.3, 0.4) is 0 Å². The van der Waals surface area contributed by atoms with E-state index in [-0.39, 0.29) is 29.5 Å². The first-order chi connectivity index (χ1) is 18.5. The molecule has 3 aromatic carbocycles. The number of nitro benzene ring substituents is 1. The van der Waals surface area contributed by atoms with Crippen molar-refractivity contribution < 1.29 is 9.66 Å². The molecule has 1 fully saturated rings. The van der Waals surface area contributed by atoms with Gasteiger partial charge in [0.15, 0.2) is 5.75 Å². The van der Waals surface area contributed by atoms with Crippen molar-refractivity contribution >= 4 is 22.8 Å². The Kier molecular flexibility index (Phi) is 7.22. The number of nitriles is 1. The van der Waals surface area contributed by atoms with Crippen molar-refractivity contribution in [1.82, 2.24) is 9.66 Å². The predicted molar refractivity (Wildman–Crippen MR) is 143 cm³/mol. The molecule has 1 saturated carbocycles. The summed E-state index contributed by atoms with van der Waals surface area (Å²) < 4.78 is 7.05. The largest absolute Gasteiger partial charge is 0.482 e. The summed E-state index contributed by atoms with van der Waals surface area (Å²) in [6, 6.07) is 20.7. The summed E-state index contributed by atoms with van der Waals surface area (Å²) in [4.78, 5) is 29.4. The van der Waals surface area contributed by atoms with Crippen LogP contribution in [0.15, 0.2) is 76.6 Å². The summed E-state index contributed by atoms with van der Waals surface area (Å²) in [5, 5.41) is 26.0. The summed E-state index contributed by atoms with van der Waals surface area (Å²) in [6.45, 7) is 0.0148. The molecule has 9 heteroatoms. The lowest BCUT2D eigenvalue weighted by Gasteiger charge is -2.22. The molecular formula is C29H25N5O4. The molecule has 190 valence electrons. The van der Waals surface area contributed by atoms with Crippen LogP contribution in [-0.4, -0.2) is 20.8 Å². The van der Waals surface area contributed by atoms with Gasteiger partial charge in [0.25, 0.3) is 5.56 Å². The van der Waals surface area contributed by atoms with Crippen LogP contribution in [0.25, 0.3) is 10.9 Å². The van der Waals surface area contributed by atoms with E-state index in [1.807, 2.05) is 12.1 Å². The number of hydrogen-bond donors (Lipinski definition) is 0. The van der Waals surface area contributed by atoms with Gasteiger partial charge >= 0.3 is 5.69 Å². The predicted octanol–water partition coefficient (Wildman–Crippen LogP) is 5.69. The molecule has 0 atom stereocenters. The highest BCUT2D eigenvalue weighted by atomic mass is 16.6. The van der Waals surface area contributed by atoms with Gasteiger partial charge in [-0.15, -0.1) is 0 Å². The Bertz CT molecular complexity index is 1630. The number of nitro groups is 1. The van der Waals surface area contributed by atoms with Gasteiger partial charge in [-0.05, 0) is 43.2 Å². The zero-order valence-corrected chi connectivity index (χ0v) is 20.6. The molecule has 38 heavy (non-hydrogen) atoms. The smallest absolute Gasteiger partial charge is 0.311 e. The number of benzene rings is 3. The maximum atomic E-state index is 13.4. The lowest BCUT2D eigenvalue weighted by atomic mass is 9.88. The number of para-hydroxylation sites is 1. The van der Waals surface area contributed by atoms with E-state index in [1.54, 1.807) is 42.5 Å². The SMILES string of the molecule is N#Cc1ccccc1COc1ccc(C=Nn2c(C3CCCCC3)nc3ccccc3c2=O)cc1[N+](=O)[O-]. The van der Waals surface area contributed by atoms with Crippen molar-refractivity contribution in [3.63, 3.8) is 0 Å². The number of fused-ring (bicyclic) bond motifs is 1. The number of nitrogens with zero attached hydrogens (tertiary/aromatic N) is 5. The minimum absolute atomic E-state index is 0.0148. The quantitative estimate of drug-likeness (QED) is 0.180. The minimum atomic E-state index is -0.528. The Morgan fingerprint density at radius 3 is 2.66 bits per heavy atom. The fourth-order valence-electron chi connectivity index (χ4n) is 4.79. The number of aromatic nitrogens is 2. The molecule has 0 N–H and O–H groups in total. The Morgan fingerprint density at radius 2 is 1.87 bits per heavy atom. The highest BCUT2D eigenvalue weighted by Crippen LogP contribution is 2.32. The van der Waals surface area contributed by atoms with Crippen molar-refractivity contribution in [2.24, 2.45) is 5.10 Å². The molecule has 4 aromatic rings. The molecule has 1 aromatic heterocycles. The average Bonchev–Trinajstić information content (AvgIpc) is 2.96. The van der Waals surface area contributed by atoms with Crippen LogP contribution in [0.2, 0.25) is 0 Å². The van der Waals surface area contributed by atoms with Gasteiger partial charge in [-0.2, -0.15) is 15.0 Å². The van der Waals surface area contributed by atoms with Crippen LogP contribution < -0.4 is 10.3 Å². The van der Waals surface area contributed by atoms with Gasteiger partial charge in [-0.25, -0.2) is 4.98 Å². The molecule has 1 heterocycles. The minimum Gasteiger partial charge on any atom is -0.482 e. The molecule has 9 nitrogen and oxygen atoms in total. The zero-order valence-electron chi connectivity index (χ0n) is 20.6. The normalized spacial score (nSPS) is 14.0. The lowest BCUT2D eigenvalue weighted by molar-refractivity contribution is -0.385. The van der Waals surface area contributed by atoms with E-state index in [9.17, 15) is 20.2 Å². The number of hydrogen-bond acceptors (Lipinski definition) is 7. The molecule has 1 aliphatic rings. The topological polar surface area (TPSA) is 123 Å². The summed E-state index contributed by atoms with van der Waals surface area (Å²) >= 11 is 0.